The van der Waals surface area contributed by atoms with Crippen molar-refractivity contribution in [3.63, 3.8) is 0 Å². The summed E-state index contributed by atoms with van der Waals surface area (Å²) in [6, 6.07) is 8.04. The molecule has 0 heterocycles. The first-order valence-corrected chi connectivity index (χ1v) is 9.62. The van der Waals surface area contributed by atoms with Crippen LogP contribution in [-0.2, 0) is 4.79 Å². The van der Waals surface area contributed by atoms with Gasteiger partial charge in [-0.2, -0.15) is 0 Å². The predicted molar refractivity (Wildman–Crippen MR) is 106 cm³/mol. The summed E-state index contributed by atoms with van der Waals surface area (Å²) in [7, 11) is 0. The number of carbonyl (C=O) groups excluding carboxylic acids is 1. The third kappa shape index (κ3) is 6.34. The van der Waals surface area contributed by atoms with Crippen LogP contribution in [0.1, 0.15) is 39.3 Å². The van der Waals surface area contributed by atoms with E-state index in [1.54, 1.807) is 0 Å². The quantitative estimate of drug-likeness (QED) is 0.623. The van der Waals surface area contributed by atoms with Crippen LogP contribution in [0.3, 0.4) is 0 Å². The largest absolute Gasteiger partial charge is 0.490 e. The first-order chi connectivity index (χ1) is 13.8. The minimum atomic E-state index is -0.729. The van der Waals surface area contributed by atoms with Gasteiger partial charge in [-0.3, -0.25) is 4.79 Å². The van der Waals surface area contributed by atoms with Crippen molar-refractivity contribution in [3.8, 4) is 17.2 Å². The van der Waals surface area contributed by atoms with Crippen LogP contribution in [-0.4, -0.2) is 25.7 Å². The van der Waals surface area contributed by atoms with Crippen molar-refractivity contribution in [3.05, 3.63) is 53.6 Å². The lowest BCUT2D eigenvalue weighted by Gasteiger charge is -2.24. The van der Waals surface area contributed by atoms with Crippen molar-refractivity contribution < 1.29 is 27.8 Å². The van der Waals surface area contributed by atoms with Crippen molar-refractivity contribution in [1.29, 1.82) is 0 Å². The molecule has 0 fully saturated rings. The molecular weight excluding hydrogens is 380 g/mol. The van der Waals surface area contributed by atoms with Crippen molar-refractivity contribution in [2.45, 2.75) is 33.7 Å². The zero-order valence-electron chi connectivity index (χ0n) is 17.1. The highest BCUT2D eigenvalue weighted by atomic mass is 19.1. The highest BCUT2D eigenvalue weighted by Crippen LogP contribution is 2.33. The van der Waals surface area contributed by atoms with E-state index in [9.17, 15) is 13.6 Å². The monoisotopic (exact) mass is 407 g/mol. The Morgan fingerprint density at radius 1 is 0.931 bits per heavy atom. The number of benzene rings is 2. The molecule has 1 N–H and O–H groups in total. The second-order valence-corrected chi connectivity index (χ2v) is 6.72. The average Bonchev–Trinajstić information content (AvgIpc) is 2.68. The molecule has 1 unspecified atom stereocenters. The Hall–Kier alpha value is -2.83. The molecule has 0 aliphatic carbocycles. The molecule has 29 heavy (non-hydrogen) atoms. The summed E-state index contributed by atoms with van der Waals surface area (Å²) in [5, 5.41) is 2.88. The molecule has 0 saturated heterocycles. The number of carbonyl (C=O) groups is 1. The van der Waals surface area contributed by atoms with E-state index in [0.29, 0.717) is 24.7 Å². The summed E-state index contributed by atoms with van der Waals surface area (Å²) in [4.78, 5) is 12.4. The van der Waals surface area contributed by atoms with Crippen LogP contribution in [0.25, 0.3) is 0 Å². The van der Waals surface area contributed by atoms with Crippen LogP contribution in [0.2, 0.25) is 0 Å². The summed E-state index contributed by atoms with van der Waals surface area (Å²) in [6.45, 7) is 8.27. The minimum Gasteiger partial charge on any atom is -0.490 e. The maximum atomic E-state index is 13.6. The maximum Gasteiger partial charge on any atom is 0.258 e. The molecular formula is C22H27F2NO4. The molecule has 1 amide bonds. The predicted octanol–water partition coefficient (Wildman–Crippen LogP) is 4.65. The molecule has 2 aromatic carbocycles. The molecule has 0 bridgehead atoms. The zero-order valence-corrected chi connectivity index (χ0v) is 17.1. The van der Waals surface area contributed by atoms with Gasteiger partial charge in [0.25, 0.3) is 5.91 Å². The smallest absolute Gasteiger partial charge is 0.258 e. The third-order valence-electron chi connectivity index (χ3n) is 4.16. The average molecular weight is 407 g/mol. The summed E-state index contributed by atoms with van der Waals surface area (Å²) < 4.78 is 43.2. The fourth-order valence-corrected chi connectivity index (χ4v) is 2.84. The maximum absolute atomic E-state index is 13.6. The summed E-state index contributed by atoms with van der Waals surface area (Å²) >= 11 is 0. The van der Waals surface area contributed by atoms with Crippen LogP contribution in [0.5, 0.6) is 17.2 Å². The van der Waals surface area contributed by atoms with Crippen LogP contribution in [0.4, 0.5) is 8.78 Å². The van der Waals surface area contributed by atoms with Crippen LogP contribution < -0.4 is 19.5 Å². The van der Waals surface area contributed by atoms with Crippen LogP contribution >= 0.6 is 0 Å². The number of halogens is 2. The number of hydrogen-bond donors (Lipinski definition) is 1. The van der Waals surface area contributed by atoms with Gasteiger partial charge in [-0.05, 0) is 49.6 Å². The van der Waals surface area contributed by atoms with Gasteiger partial charge in [-0.15, -0.1) is 0 Å². The Morgan fingerprint density at radius 2 is 1.62 bits per heavy atom. The molecule has 1 atom stereocenters. The molecule has 2 aromatic rings. The fourth-order valence-electron chi connectivity index (χ4n) is 2.84. The van der Waals surface area contributed by atoms with Gasteiger partial charge in [-0.1, -0.05) is 19.9 Å². The van der Waals surface area contributed by atoms with E-state index in [-0.39, 0.29) is 17.7 Å². The Kier molecular flexibility index (Phi) is 8.24. The molecule has 0 spiro atoms. The molecule has 158 valence electrons. The normalized spacial score (nSPS) is 11.8. The van der Waals surface area contributed by atoms with E-state index >= 15 is 0 Å². The molecule has 0 aliphatic heterocycles. The molecule has 2 rings (SSSR count). The second-order valence-electron chi connectivity index (χ2n) is 6.72. The summed E-state index contributed by atoms with van der Waals surface area (Å²) in [6.07, 6.45) is 0. The number of ether oxygens (including phenoxy) is 3. The van der Waals surface area contributed by atoms with Crippen molar-refractivity contribution in [2.75, 3.05) is 19.8 Å². The highest BCUT2D eigenvalue weighted by molar-refractivity contribution is 5.78. The van der Waals surface area contributed by atoms with Crippen molar-refractivity contribution in [1.82, 2.24) is 5.32 Å². The highest BCUT2D eigenvalue weighted by Gasteiger charge is 2.21. The molecule has 0 aliphatic rings. The molecule has 0 radical (unpaired) electrons. The molecule has 7 heteroatoms. The van der Waals surface area contributed by atoms with E-state index in [1.165, 1.54) is 0 Å². The Balaban J connectivity index is 2.12. The summed E-state index contributed by atoms with van der Waals surface area (Å²) in [5.74, 6) is -0.814. The lowest BCUT2D eigenvalue weighted by Crippen LogP contribution is -2.35. The van der Waals surface area contributed by atoms with Gasteiger partial charge in [-0.25, -0.2) is 8.78 Å². The van der Waals surface area contributed by atoms with E-state index in [0.717, 1.165) is 23.8 Å². The van der Waals surface area contributed by atoms with E-state index in [1.807, 2.05) is 45.9 Å². The number of amides is 1. The molecule has 5 nitrogen and oxygen atoms in total. The standard InChI is InChI=1S/C22H27F2NO4/c1-5-27-18-10-7-15(11-20(18)28-6-2)22(14(3)4)25-21(26)13-29-19-12-16(23)8-9-17(19)24/h7-12,14,22H,5-6,13H2,1-4H3,(H,25,26). The molecule has 0 saturated carbocycles. The number of hydrogen-bond acceptors (Lipinski definition) is 4. The fraction of sp³-hybridized carbons (Fsp3) is 0.409. The number of rotatable bonds is 10. The second kappa shape index (κ2) is 10.6. The Bertz CT molecular complexity index is 826. The first kappa shape index (κ1) is 22.5. The van der Waals surface area contributed by atoms with Gasteiger partial charge >= 0.3 is 0 Å². The van der Waals surface area contributed by atoms with Crippen molar-refractivity contribution in [2.24, 2.45) is 5.92 Å². The van der Waals surface area contributed by atoms with Gasteiger partial charge in [0, 0.05) is 6.07 Å². The van der Waals surface area contributed by atoms with Gasteiger partial charge in [0.15, 0.2) is 29.7 Å². The van der Waals surface area contributed by atoms with Crippen LogP contribution in [0.15, 0.2) is 36.4 Å². The zero-order chi connectivity index (χ0) is 21.4. The first-order valence-electron chi connectivity index (χ1n) is 9.62. The topological polar surface area (TPSA) is 56.8 Å². The van der Waals surface area contributed by atoms with E-state index in [2.05, 4.69) is 5.32 Å². The number of nitrogens with one attached hydrogen (secondary N) is 1. The SMILES string of the molecule is CCOc1ccc(C(NC(=O)COc2cc(F)ccc2F)C(C)C)cc1OCC. The van der Waals surface area contributed by atoms with Gasteiger partial charge < -0.3 is 19.5 Å². The van der Waals surface area contributed by atoms with Crippen molar-refractivity contribution >= 4 is 5.91 Å². The lowest BCUT2D eigenvalue weighted by atomic mass is 9.95. The summed E-state index contributed by atoms with van der Waals surface area (Å²) in [5.41, 5.74) is 0.845. The molecule has 0 aromatic heterocycles. The van der Waals surface area contributed by atoms with Gasteiger partial charge in [0.05, 0.1) is 19.3 Å². The third-order valence-corrected chi connectivity index (χ3v) is 4.16. The minimum absolute atomic E-state index is 0.0669. The Labute approximate surface area is 170 Å². The van der Waals surface area contributed by atoms with Gasteiger partial charge in [0.2, 0.25) is 0 Å². The van der Waals surface area contributed by atoms with E-state index < -0.39 is 24.1 Å². The Morgan fingerprint density at radius 3 is 2.28 bits per heavy atom. The van der Waals surface area contributed by atoms with Gasteiger partial charge in [0.1, 0.15) is 5.82 Å². The van der Waals surface area contributed by atoms with Crippen LogP contribution in [0, 0.1) is 17.6 Å². The lowest BCUT2D eigenvalue weighted by molar-refractivity contribution is -0.124. The van der Waals surface area contributed by atoms with E-state index in [4.69, 9.17) is 14.2 Å².